The first-order valence-corrected chi connectivity index (χ1v) is 7.21. The van der Waals surface area contributed by atoms with Crippen LogP contribution in [-0.4, -0.2) is 18.0 Å². The lowest BCUT2D eigenvalue weighted by molar-refractivity contribution is -0.122. The largest absolute Gasteiger partial charge is 0.324 e. The first-order chi connectivity index (χ1) is 9.07. The standard InChI is InChI=1S/C16H24N2O/c1-4-8-16(9-5-10-17-16)15(19)18-14-11-12(2)6-7-13(14)3/h6-7,11,17H,4-5,8-10H2,1-3H3,(H,18,19). The lowest BCUT2D eigenvalue weighted by atomic mass is 9.90. The number of hydrogen-bond donors (Lipinski definition) is 2. The van der Waals surface area contributed by atoms with Crippen molar-refractivity contribution >= 4 is 11.6 Å². The zero-order valence-corrected chi connectivity index (χ0v) is 12.2. The maximum absolute atomic E-state index is 12.6. The maximum Gasteiger partial charge on any atom is 0.244 e. The number of nitrogens with one attached hydrogen (secondary N) is 2. The van der Waals surface area contributed by atoms with Gasteiger partial charge in [0.2, 0.25) is 5.91 Å². The minimum atomic E-state index is -0.356. The normalized spacial score (nSPS) is 22.5. The Balaban J connectivity index is 2.17. The highest BCUT2D eigenvalue weighted by Crippen LogP contribution is 2.27. The zero-order chi connectivity index (χ0) is 13.9. The molecule has 0 spiro atoms. The molecule has 1 aromatic carbocycles. The second-order valence-corrected chi connectivity index (χ2v) is 5.63. The summed E-state index contributed by atoms with van der Waals surface area (Å²) < 4.78 is 0. The average Bonchev–Trinajstić information content (AvgIpc) is 2.84. The number of carbonyl (C=O) groups is 1. The van der Waals surface area contributed by atoms with E-state index in [1.54, 1.807) is 0 Å². The van der Waals surface area contributed by atoms with E-state index < -0.39 is 0 Å². The van der Waals surface area contributed by atoms with Gasteiger partial charge in [-0.15, -0.1) is 0 Å². The van der Waals surface area contributed by atoms with E-state index >= 15 is 0 Å². The van der Waals surface area contributed by atoms with Crippen LogP contribution in [0.5, 0.6) is 0 Å². The van der Waals surface area contributed by atoms with Crippen LogP contribution < -0.4 is 10.6 Å². The van der Waals surface area contributed by atoms with Crippen molar-refractivity contribution in [1.82, 2.24) is 5.32 Å². The molecule has 1 saturated heterocycles. The summed E-state index contributed by atoms with van der Waals surface area (Å²) in [5.74, 6) is 0.126. The number of rotatable bonds is 4. The fourth-order valence-corrected chi connectivity index (χ4v) is 2.87. The maximum atomic E-state index is 12.6. The Labute approximate surface area is 115 Å². The summed E-state index contributed by atoms with van der Waals surface area (Å²) in [5, 5.41) is 6.53. The molecule has 0 radical (unpaired) electrons. The Morgan fingerprint density at radius 1 is 1.42 bits per heavy atom. The second-order valence-electron chi connectivity index (χ2n) is 5.63. The Morgan fingerprint density at radius 3 is 2.84 bits per heavy atom. The van der Waals surface area contributed by atoms with Crippen molar-refractivity contribution in [2.45, 2.75) is 52.0 Å². The number of benzene rings is 1. The Morgan fingerprint density at radius 2 is 2.21 bits per heavy atom. The Kier molecular flexibility index (Phi) is 4.25. The van der Waals surface area contributed by atoms with Gasteiger partial charge >= 0.3 is 0 Å². The predicted octanol–water partition coefficient (Wildman–Crippen LogP) is 3.16. The summed E-state index contributed by atoms with van der Waals surface area (Å²) in [6, 6.07) is 6.17. The van der Waals surface area contributed by atoms with Crippen molar-refractivity contribution in [2.24, 2.45) is 0 Å². The average molecular weight is 260 g/mol. The highest BCUT2D eigenvalue weighted by atomic mass is 16.2. The van der Waals surface area contributed by atoms with Gasteiger partial charge in [0.25, 0.3) is 0 Å². The first-order valence-electron chi connectivity index (χ1n) is 7.21. The molecule has 1 amide bonds. The predicted molar refractivity (Wildman–Crippen MR) is 79.4 cm³/mol. The van der Waals surface area contributed by atoms with Gasteiger partial charge in [-0.25, -0.2) is 0 Å². The van der Waals surface area contributed by atoms with Crippen LogP contribution in [0.2, 0.25) is 0 Å². The van der Waals surface area contributed by atoms with Gasteiger partial charge in [0, 0.05) is 5.69 Å². The summed E-state index contributed by atoms with van der Waals surface area (Å²) in [4.78, 5) is 12.6. The van der Waals surface area contributed by atoms with Gasteiger partial charge in [-0.1, -0.05) is 25.5 Å². The number of anilines is 1. The van der Waals surface area contributed by atoms with E-state index in [1.165, 1.54) is 5.56 Å². The fraction of sp³-hybridized carbons (Fsp3) is 0.562. The van der Waals surface area contributed by atoms with Crippen molar-refractivity contribution < 1.29 is 4.79 Å². The highest BCUT2D eigenvalue weighted by Gasteiger charge is 2.39. The smallest absolute Gasteiger partial charge is 0.244 e. The van der Waals surface area contributed by atoms with Gasteiger partial charge in [-0.3, -0.25) is 4.79 Å². The van der Waals surface area contributed by atoms with Crippen LogP contribution in [0.1, 0.15) is 43.7 Å². The zero-order valence-electron chi connectivity index (χ0n) is 12.2. The van der Waals surface area contributed by atoms with Gasteiger partial charge < -0.3 is 10.6 Å². The molecular weight excluding hydrogens is 236 g/mol. The molecular formula is C16H24N2O. The Hall–Kier alpha value is -1.35. The van der Waals surface area contributed by atoms with Crippen LogP contribution in [0, 0.1) is 13.8 Å². The van der Waals surface area contributed by atoms with Crippen LogP contribution in [0.4, 0.5) is 5.69 Å². The van der Waals surface area contributed by atoms with Crippen LogP contribution >= 0.6 is 0 Å². The minimum absolute atomic E-state index is 0.126. The van der Waals surface area contributed by atoms with E-state index in [0.717, 1.165) is 43.5 Å². The molecule has 1 atom stereocenters. The molecule has 19 heavy (non-hydrogen) atoms. The lowest BCUT2D eigenvalue weighted by Crippen LogP contribution is -2.50. The molecule has 0 saturated carbocycles. The molecule has 1 heterocycles. The van der Waals surface area contributed by atoms with Gasteiger partial charge in [0.15, 0.2) is 0 Å². The Bertz CT molecular complexity index is 462. The van der Waals surface area contributed by atoms with Crippen LogP contribution in [0.25, 0.3) is 0 Å². The van der Waals surface area contributed by atoms with Crippen molar-refractivity contribution in [3.8, 4) is 0 Å². The van der Waals surface area contributed by atoms with E-state index in [2.05, 4.69) is 29.7 Å². The van der Waals surface area contributed by atoms with Crippen LogP contribution in [0.3, 0.4) is 0 Å². The molecule has 3 heteroatoms. The van der Waals surface area contributed by atoms with Crippen molar-refractivity contribution in [3.05, 3.63) is 29.3 Å². The van der Waals surface area contributed by atoms with E-state index in [-0.39, 0.29) is 11.4 Å². The van der Waals surface area contributed by atoms with Gasteiger partial charge in [-0.05, 0) is 56.8 Å². The number of hydrogen-bond acceptors (Lipinski definition) is 2. The summed E-state index contributed by atoms with van der Waals surface area (Å²) in [6.07, 6.45) is 3.95. The van der Waals surface area contributed by atoms with E-state index in [0.29, 0.717) is 0 Å². The highest BCUT2D eigenvalue weighted by molar-refractivity contribution is 5.99. The van der Waals surface area contributed by atoms with Crippen molar-refractivity contribution in [2.75, 3.05) is 11.9 Å². The number of amides is 1. The van der Waals surface area contributed by atoms with Crippen LogP contribution in [-0.2, 0) is 4.79 Å². The third-order valence-electron chi connectivity index (χ3n) is 4.00. The summed E-state index contributed by atoms with van der Waals surface area (Å²) in [6.45, 7) is 7.15. The SMILES string of the molecule is CCCC1(C(=O)Nc2cc(C)ccc2C)CCCN1. The first kappa shape index (κ1) is 14.1. The van der Waals surface area contributed by atoms with Gasteiger partial charge in [-0.2, -0.15) is 0 Å². The molecule has 0 aliphatic carbocycles. The molecule has 1 aliphatic heterocycles. The van der Waals surface area contributed by atoms with E-state index in [1.807, 2.05) is 19.9 Å². The molecule has 1 unspecified atom stereocenters. The molecule has 1 fully saturated rings. The topological polar surface area (TPSA) is 41.1 Å². The summed E-state index contributed by atoms with van der Waals surface area (Å²) in [5.41, 5.74) is 2.87. The molecule has 3 nitrogen and oxygen atoms in total. The molecule has 104 valence electrons. The number of aryl methyl sites for hydroxylation is 2. The van der Waals surface area contributed by atoms with E-state index in [9.17, 15) is 4.79 Å². The second kappa shape index (κ2) is 5.74. The monoisotopic (exact) mass is 260 g/mol. The fourth-order valence-electron chi connectivity index (χ4n) is 2.87. The van der Waals surface area contributed by atoms with Crippen molar-refractivity contribution in [1.29, 1.82) is 0 Å². The van der Waals surface area contributed by atoms with E-state index in [4.69, 9.17) is 0 Å². The molecule has 1 aromatic rings. The quantitative estimate of drug-likeness (QED) is 0.873. The minimum Gasteiger partial charge on any atom is -0.324 e. The molecule has 1 aliphatic rings. The molecule has 2 N–H and O–H groups in total. The van der Waals surface area contributed by atoms with Crippen LogP contribution in [0.15, 0.2) is 18.2 Å². The number of carbonyl (C=O) groups excluding carboxylic acids is 1. The summed E-state index contributed by atoms with van der Waals surface area (Å²) >= 11 is 0. The molecule has 2 rings (SSSR count). The third kappa shape index (κ3) is 2.98. The summed E-state index contributed by atoms with van der Waals surface area (Å²) in [7, 11) is 0. The molecule has 0 bridgehead atoms. The van der Waals surface area contributed by atoms with Gasteiger partial charge in [0.05, 0.1) is 5.54 Å². The molecule has 0 aromatic heterocycles. The van der Waals surface area contributed by atoms with Gasteiger partial charge in [0.1, 0.15) is 0 Å². The lowest BCUT2D eigenvalue weighted by Gasteiger charge is -2.28. The van der Waals surface area contributed by atoms with Crippen molar-refractivity contribution in [3.63, 3.8) is 0 Å². The third-order valence-corrected chi connectivity index (χ3v) is 4.00.